The van der Waals surface area contributed by atoms with Crippen LogP contribution in [0.25, 0.3) is 0 Å². The van der Waals surface area contributed by atoms with E-state index in [0.717, 1.165) is 0 Å². The van der Waals surface area contributed by atoms with E-state index in [2.05, 4.69) is 10.0 Å². The Morgan fingerprint density at radius 1 is 1.40 bits per heavy atom. The minimum Gasteiger partial charge on any atom is -0.482 e. The van der Waals surface area contributed by atoms with Gasteiger partial charge in [0.2, 0.25) is 10.0 Å². The van der Waals surface area contributed by atoms with Crippen molar-refractivity contribution in [2.45, 2.75) is 4.90 Å². The van der Waals surface area contributed by atoms with Crippen LogP contribution in [0.2, 0.25) is 0 Å². The van der Waals surface area contributed by atoms with Gasteiger partial charge in [0.1, 0.15) is 5.75 Å². The smallest absolute Gasteiger partial charge is 0.262 e. The summed E-state index contributed by atoms with van der Waals surface area (Å²) >= 11 is 0. The lowest BCUT2D eigenvalue weighted by Crippen LogP contribution is -2.27. The standard InChI is InChI=1S/C12H15N3O4S/c13-5-1-2-6-14-20(17,18)9-3-4-11-10(7-9)15-12(16)8-19-11/h1-4,7,14H,5-6,8,13H2,(H,15,16)/b2-1+. The van der Waals surface area contributed by atoms with Gasteiger partial charge in [0.15, 0.2) is 6.61 Å². The fourth-order valence-corrected chi connectivity index (χ4v) is 2.65. The predicted molar refractivity (Wildman–Crippen MR) is 73.9 cm³/mol. The summed E-state index contributed by atoms with van der Waals surface area (Å²) < 4.78 is 31.6. The van der Waals surface area contributed by atoms with E-state index in [1.807, 2.05) is 0 Å². The number of benzene rings is 1. The van der Waals surface area contributed by atoms with Gasteiger partial charge in [0.05, 0.1) is 10.6 Å². The van der Waals surface area contributed by atoms with Crippen LogP contribution in [0.1, 0.15) is 0 Å². The van der Waals surface area contributed by atoms with Gasteiger partial charge in [-0.25, -0.2) is 13.1 Å². The fraction of sp³-hybridized carbons (Fsp3) is 0.250. The molecule has 0 spiro atoms. The molecule has 0 fully saturated rings. The van der Waals surface area contributed by atoms with Gasteiger partial charge in [-0.05, 0) is 18.2 Å². The number of ether oxygens (including phenoxy) is 1. The largest absolute Gasteiger partial charge is 0.482 e. The first-order valence-electron chi connectivity index (χ1n) is 5.94. The quantitative estimate of drug-likeness (QED) is 0.652. The molecule has 1 aromatic rings. The number of anilines is 1. The van der Waals surface area contributed by atoms with Gasteiger partial charge in [-0.1, -0.05) is 12.2 Å². The van der Waals surface area contributed by atoms with Gasteiger partial charge in [-0.3, -0.25) is 4.79 Å². The molecule has 1 amide bonds. The van der Waals surface area contributed by atoms with Crippen LogP contribution in [0.4, 0.5) is 5.69 Å². The van der Waals surface area contributed by atoms with Crippen molar-refractivity contribution in [2.75, 3.05) is 25.0 Å². The molecular weight excluding hydrogens is 282 g/mol. The van der Waals surface area contributed by atoms with Crippen molar-refractivity contribution in [3.8, 4) is 5.75 Å². The third-order valence-electron chi connectivity index (χ3n) is 2.59. The molecular formula is C12H15N3O4S. The molecule has 20 heavy (non-hydrogen) atoms. The van der Waals surface area contributed by atoms with Crippen molar-refractivity contribution in [3.63, 3.8) is 0 Å². The zero-order valence-electron chi connectivity index (χ0n) is 10.6. The van der Waals surface area contributed by atoms with E-state index < -0.39 is 10.0 Å². The molecule has 1 aromatic carbocycles. The Morgan fingerprint density at radius 2 is 2.20 bits per heavy atom. The highest BCUT2D eigenvalue weighted by Gasteiger charge is 2.20. The number of rotatable bonds is 5. The summed E-state index contributed by atoms with van der Waals surface area (Å²) in [6, 6.07) is 4.30. The van der Waals surface area contributed by atoms with Gasteiger partial charge >= 0.3 is 0 Å². The molecule has 1 aliphatic heterocycles. The minimum atomic E-state index is -3.64. The maximum Gasteiger partial charge on any atom is 0.262 e. The molecule has 7 nitrogen and oxygen atoms in total. The topological polar surface area (TPSA) is 111 Å². The Balaban J connectivity index is 2.18. The van der Waals surface area contributed by atoms with Crippen molar-refractivity contribution in [2.24, 2.45) is 5.73 Å². The molecule has 0 bridgehead atoms. The first-order valence-corrected chi connectivity index (χ1v) is 7.42. The number of nitrogens with one attached hydrogen (secondary N) is 2. The molecule has 0 aliphatic carbocycles. The summed E-state index contributed by atoms with van der Waals surface area (Å²) in [7, 11) is -3.64. The van der Waals surface area contributed by atoms with Crippen LogP contribution in [-0.2, 0) is 14.8 Å². The molecule has 0 unspecified atom stereocenters. The highest BCUT2D eigenvalue weighted by molar-refractivity contribution is 7.89. The first-order chi connectivity index (χ1) is 9.53. The van der Waals surface area contributed by atoms with Crippen molar-refractivity contribution < 1.29 is 17.9 Å². The first kappa shape index (κ1) is 14.5. The van der Waals surface area contributed by atoms with Gasteiger partial charge in [0, 0.05) is 13.1 Å². The number of carbonyl (C=O) groups excluding carboxylic acids is 1. The lowest BCUT2D eigenvalue weighted by atomic mass is 10.2. The summed E-state index contributed by atoms with van der Waals surface area (Å²) in [4.78, 5) is 11.3. The van der Waals surface area contributed by atoms with E-state index in [4.69, 9.17) is 10.5 Å². The number of fused-ring (bicyclic) bond motifs is 1. The second kappa shape index (κ2) is 6.04. The molecule has 2 rings (SSSR count). The Kier molecular flexibility index (Phi) is 4.38. The van der Waals surface area contributed by atoms with E-state index >= 15 is 0 Å². The monoisotopic (exact) mass is 297 g/mol. The molecule has 4 N–H and O–H groups in total. The Labute approximate surface area is 116 Å². The van der Waals surface area contributed by atoms with E-state index in [9.17, 15) is 13.2 Å². The SMILES string of the molecule is NC/C=C/CNS(=O)(=O)c1ccc2c(c1)NC(=O)CO2. The Bertz CT molecular complexity index is 640. The maximum atomic E-state index is 12.0. The van der Waals surface area contributed by atoms with Gasteiger partial charge < -0.3 is 15.8 Å². The average Bonchev–Trinajstić information content (AvgIpc) is 2.43. The van der Waals surface area contributed by atoms with Crippen molar-refractivity contribution in [1.82, 2.24) is 4.72 Å². The number of amides is 1. The van der Waals surface area contributed by atoms with E-state index in [1.165, 1.54) is 18.2 Å². The summed E-state index contributed by atoms with van der Waals surface area (Å²) in [6.07, 6.45) is 3.28. The van der Waals surface area contributed by atoms with E-state index in [1.54, 1.807) is 12.2 Å². The fourth-order valence-electron chi connectivity index (χ4n) is 1.65. The zero-order valence-corrected chi connectivity index (χ0v) is 11.4. The number of hydrogen-bond acceptors (Lipinski definition) is 5. The normalized spacial score (nSPS) is 14.8. The van der Waals surface area contributed by atoms with Gasteiger partial charge in [0.25, 0.3) is 5.91 Å². The number of sulfonamides is 1. The molecule has 0 saturated heterocycles. The molecule has 8 heteroatoms. The summed E-state index contributed by atoms with van der Waals surface area (Å²) in [6.45, 7) is 0.435. The van der Waals surface area contributed by atoms with Crippen LogP contribution in [0.5, 0.6) is 5.75 Å². The molecule has 1 heterocycles. The van der Waals surface area contributed by atoms with Crippen molar-refractivity contribution in [3.05, 3.63) is 30.4 Å². The molecule has 108 valence electrons. The minimum absolute atomic E-state index is 0.0585. The Morgan fingerprint density at radius 3 is 2.95 bits per heavy atom. The highest BCUT2D eigenvalue weighted by atomic mass is 32.2. The van der Waals surface area contributed by atoms with E-state index in [-0.39, 0.29) is 24.0 Å². The molecule has 1 aliphatic rings. The third-order valence-corrected chi connectivity index (χ3v) is 4.01. The number of nitrogens with two attached hydrogens (primary N) is 1. The lowest BCUT2D eigenvalue weighted by Gasteiger charge is -2.18. The summed E-state index contributed by atoms with van der Waals surface area (Å²) in [5, 5.41) is 2.56. The van der Waals surface area contributed by atoms with Crippen LogP contribution in [-0.4, -0.2) is 34.0 Å². The van der Waals surface area contributed by atoms with E-state index in [0.29, 0.717) is 18.0 Å². The van der Waals surface area contributed by atoms with Crippen molar-refractivity contribution in [1.29, 1.82) is 0 Å². The van der Waals surface area contributed by atoms with Crippen LogP contribution in [0.3, 0.4) is 0 Å². The predicted octanol–water partition coefficient (Wildman–Crippen LogP) is -0.189. The number of hydrogen-bond donors (Lipinski definition) is 3. The lowest BCUT2D eigenvalue weighted by molar-refractivity contribution is -0.118. The van der Waals surface area contributed by atoms with Crippen LogP contribution in [0.15, 0.2) is 35.2 Å². The summed E-state index contributed by atoms with van der Waals surface area (Å²) in [5.41, 5.74) is 5.61. The van der Waals surface area contributed by atoms with Crippen LogP contribution in [0, 0.1) is 0 Å². The zero-order chi connectivity index (χ0) is 14.6. The second-order valence-electron chi connectivity index (χ2n) is 4.05. The number of carbonyl (C=O) groups is 1. The summed E-state index contributed by atoms with van der Waals surface area (Å²) in [5.74, 6) is 0.137. The van der Waals surface area contributed by atoms with Crippen molar-refractivity contribution >= 4 is 21.6 Å². The molecule has 0 saturated carbocycles. The highest BCUT2D eigenvalue weighted by Crippen LogP contribution is 2.29. The molecule has 0 radical (unpaired) electrons. The van der Waals surface area contributed by atoms with Crippen LogP contribution < -0.4 is 20.5 Å². The van der Waals surface area contributed by atoms with Gasteiger partial charge in [-0.2, -0.15) is 0 Å². The maximum absolute atomic E-state index is 12.0. The van der Waals surface area contributed by atoms with Crippen LogP contribution >= 0.6 is 0 Å². The average molecular weight is 297 g/mol. The van der Waals surface area contributed by atoms with Gasteiger partial charge in [-0.15, -0.1) is 0 Å². The third kappa shape index (κ3) is 3.35. The Hall–Kier alpha value is -1.90. The second-order valence-corrected chi connectivity index (χ2v) is 5.82. The molecule has 0 aromatic heterocycles. The molecule has 0 atom stereocenters.